The summed E-state index contributed by atoms with van der Waals surface area (Å²) in [6.45, 7) is 0.258. The number of aromatic nitrogens is 3. The molecule has 3 heterocycles. The molecule has 142 valence electrons. The van der Waals surface area contributed by atoms with Gasteiger partial charge in [0.25, 0.3) is 0 Å². The summed E-state index contributed by atoms with van der Waals surface area (Å²) in [6.07, 6.45) is 8.37. The first-order valence-corrected chi connectivity index (χ1v) is 9.56. The van der Waals surface area contributed by atoms with Gasteiger partial charge in [0, 0.05) is 41.8 Å². The zero-order valence-corrected chi connectivity index (χ0v) is 15.4. The molecule has 3 aromatic rings. The van der Waals surface area contributed by atoms with Crippen molar-refractivity contribution in [3.05, 3.63) is 48.8 Å². The molecule has 28 heavy (non-hydrogen) atoms. The van der Waals surface area contributed by atoms with E-state index in [1.165, 1.54) is 12.8 Å². The van der Waals surface area contributed by atoms with E-state index in [9.17, 15) is 0 Å². The van der Waals surface area contributed by atoms with Crippen LogP contribution in [0.1, 0.15) is 25.7 Å². The Labute approximate surface area is 163 Å². The van der Waals surface area contributed by atoms with Gasteiger partial charge in [0.15, 0.2) is 11.5 Å². The first-order chi connectivity index (χ1) is 13.8. The fourth-order valence-electron chi connectivity index (χ4n) is 3.62. The van der Waals surface area contributed by atoms with Gasteiger partial charge in [-0.2, -0.15) is 4.98 Å². The standard InChI is InChI=1S/C21H21N5O2/c1-2-4-15(3-1)24-21-25-17(14-7-9-22-10-8-14)12-20(26-21)23-16-5-6-18-19(11-16)28-13-27-18/h5-12,15H,1-4,13H2,(H2,23,24,25,26). The van der Waals surface area contributed by atoms with Gasteiger partial charge in [0.1, 0.15) is 5.82 Å². The number of ether oxygens (including phenoxy) is 2. The quantitative estimate of drug-likeness (QED) is 0.685. The lowest BCUT2D eigenvalue weighted by molar-refractivity contribution is 0.174. The van der Waals surface area contributed by atoms with E-state index >= 15 is 0 Å². The molecule has 1 saturated carbocycles. The van der Waals surface area contributed by atoms with Crippen LogP contribution in [-0.2, 0) is 0 Å². The highest BCUT2D eigenvalue weighted by Gasteiger charge is 2.17. The molecule has 7 nitrogen and oxygen atoms in total. The molecule has 1 aliphatic carbocycles. The molecule has 1 fully saturated rings. The molecule has 1 aromatic carbocycles. The van der Waals surface area contributed by atoms with E-state index in [1.54, 1.807) is 12.4 Å². The Morgan fingerprint density at radius 1 is 0.893 bits per heavy atom. The highest BCUT2D eigenvalue weighted by atomic mass is 16.7. The van der Waals surface area contributed by atoms with Gasteiger partial charge in [0.2, 0.25) is 12.7 Å². The number of hydrogen-bond acceptors (Lipinski definition) is 7. The summed E-state index contributed by atoms with van der Waals surface area (Å²) in [7, 11) is 0. The first-order valence-electron chi connectivity index (χ1n) is 9.56. The van der Waals surface area contributed by atoms with Crippen molar-refractivity contribution in [3.63, 3.8) is 0 Å². The minimum atomic E-state index is 0.258. The van der Waals surface area contributed by atoms with Gasteiger partial charge in [-0.3, -0.25) is 4.98 Å². The molecule has 0 spiro atoms. The van der Waals surface area contributed by atoms with E-state index in [4.69, 9.17) is 19.4 Å². The van der Waals surface area contributed by atoms with Crippen molar-refractivity contribution in [1.82, 2.24) is 15.0 Å². The monoisotopic (exact) mass is 375 g/mol. The highest BCUT2D eigenvalue weighted by molar-refractivity contribution is 5.68. The van der Waals surface area contributed by atoms with E-state index in [2.05, 4.69) is 15.6 Å². The van der Waals surface area contributed by atoms with Gasteiger partial charge in [-0.05, 0) is 37.1 Å². The smallest absolute Gasteiger partial charge is 0.231 e. The van der Waals surface area contributed by atoms with E-state index < -0.39 is 0 Å². The lowest BCUT2D eigenvalue weighted by Crippen LogP contribution is -2.17. The molecule has 1 aliphatic heterocycles. The summed E-state index contributed by atoms with van der Waals surface area (Å²) >= 11 is 0. The third-order valence-corrected chi connectivity index (χ3v) is 5.04. The summed E-state index contributed by atoms with van der Waals surface area (Å²) in [6, 6.07) is 12.0. The summed E-state index contributed by atoms with van der Waals surface area (Å²) in [4.78, 5) is 13.5. The second kappa shape index (κ2) is 7.34. The number of hydrogen-bond donors (Lipinski definition) is 2. The number of anilines is 3. The number of rotatable bonds is 5. The van der Waals surface area contributed by atoms with Crippen molar-refractivity contribution < 1.29 is 9.47 Å². The molecule has 0 radical (unpaired) electrons. The second-order valence-electron chi connectivity index (χ2n) is 7.02. The Balaban J connectivity index is 1.47. The number of benzene rings is 1. The Morgan fingerprint density at radius 2 is 1.71 bits per heavy atom. The summed E-state index contributed by atoms with van der Waals surface area (Å²) < 4.78 is 10.9. The van der Waals surface area contributed by atoms with Crippen LogP contribution in [0, 0.1) is 0 Å². The molecule has 2 aromatic heterocycles. The molecule has 0 unspecified atom stereocenters. The Bertz CT molecular complexity index is 974. The fraction of sp³-hybridized carbons (Fsp3) is 0.286. The van der Waals surface area contributed by atoms with Crippen LogP contribution in [0.4, 0.5) is 17.5 Å². The fourth-order valence-corrected chi connectivity index (χ4v) is 3.62. The molecule has 7 heteroatoms. The zero-order chi connectivity index (χ0) is 18.8. The molecule has 2 N–H and O–H groups in total. The van der Waals surface area contributed by atoms with Gasteiger partial charge < -0.3 is 20.1 Å². The number of nitrogens with one attached hydrogen (secondary N) is 2. The maximum absolute atomic E-state index is 5.47. The molecule has 2 aliphatic rings. The van der Waals surface area contributed by atoms with Crippen LogP contribution in [0.15, 0.2) is 48.8 Å². The van der Waals surface area contributed by atoms with Crippen molar-refractivity contribution in [2.24, 2.45) is 0 Å². The van der Waals surface area contributed by atoms with Crippen molar-refractivity contribution in [1.29, 1.82) is 0 Å². The molecule has 0 atom stereocenters. The summed E-state index contributed by atoms with van der Waals surface area (Å²) in [5, 5.41) is 6.86. The van der Waals surface area contributed by atoms with E-state index in [0.717, 1.165) is 47.1 Å². The predicted octanol–water partition coefficient (Wildman–Crippen LogP) is 4.37. The topological polar surface area (TPSA) is 81.2 Å². The van der Waals surface area contributed by atoms with Crippen molar-refractivity contribution >= 4 is 17.5 Å². The Hall–Kier alpha value is -3.35. The van der Waals surface area contributed by atoms with Crippen LogP contribution in [-0.4, -0.2) is 27.8 Å². The lowest BCUT2D eigenvalue weighted by atomic mass is 10.2. The number of nitrogens with zero attached hydrogens (tertiary/aromatic N) is 3. The van der Waals surface area contributed by atoms with E-state index in [0.29, 0.717) is 12.0 Å². The van der Waals surface area contributed by atoms with Crippen LogP contribution in [0.5, 0.6) is 11.5 Å². The second-order valence-corrected chi connectivity index (χ2v) is 7.02. The van der Waals surface area contributed by atoms with Crippen LogP contribution in [0.25, 0.3) is 11.3 Å². The average Bonchev–Trinajstić information content (AvgIpc) is 3.40. The molecule has 0 bridgehead atoms. The molecule has 5 rings (SSSR count). The van der Waals surface area contributed by atoms with Crippen molar-refractivity contribution in [3.8, 4) is 22.8 Å². The summed E-state index contributed by atoms with van der Waals surface area (Å²) in [5.74, 6) is 2.86. The number of pyridine rings is 1. The third kappa shape index (κ3) is 3.55. The van der Waals surface area contributed by atoms with Gasteiger partial charge >= 0.3 is 0 Å². The van der Waals surface area contributed by atoms with Crippen molar-refractivity contribution in [2.75, 3.05) is 17.4 Å². The highest BCUT2D eigenvalue weighted by Crippen LogP contribution is 2.35. The molecule has 0 saturated heterocycles. The van der Waals surface area contributed by atoms with Crippen molar-refractivity contribution in [2.45, 2.75) is 31.7 Å². The van der Waals surface area contributed by atoms with Gasteiger partial charge in [-0.1, -0.05) is 12.8 Å². The minimum Gasteiger partial charge on any atom is -0.454 e. The SMILES string of the molecule is c1cc(-c2cc(Nc3ccc4c(c3)OCO4)nc(NC3CCCC3)n2)ccn1. The van der Waals surface area contributed by atoms with Gasteiger partial charge in [0.05, 0.1) is 5.69 Å². The Kier molecular flexibility index (Phi) is 4.40. The summed E-state index contributed by atoms with van der Waals surface area (Å²) in [5.41, 5.74) is 2.73. The van der Waals surface area contributed by atoms with Crippen LogP contribution in [0.2, 0.25) is 0 Å². The zero-order valence-electron chi connectivity index (χ0n) is 15.4. The van der Waals surface area contributed by atoms with Crippen LogP contribution >= 0.6 is 0 Å². The van der Waals surface area contributed by atoms with Gasteiger partial charge in [-0.15, -0.1) is 0 Å². The molecular formula is C21H21N5O2. The molecule has 0 amide bonds. The largest absolute Gasteiger partial charge is 0.454 e. The Morgan fingerprint density at radius 3 is 2.57 bits per heavy atom. The minimum absolute atomic E-state index is 0.258. The average molecular weight is 375 g/mol. The number of fused-ring (bicyclic) bond motifs is 1. The molecular weight excluding hydrogens is 354 g/mol. The predicted molar refractivity (Wildman–Crippen MR) is 107 cm³/mol. The first kappa shape index (κ1) is 16.8. The van der Waals surface area contributed by atoms with E-state index in [-0.39, 0.29) is 6.79 Å². The van der Waals surface area contributed by atoms with E-state index in [1.807, 2.05) is 36.4 Å². The van der Waals surface area contributed by atoms with Crippen LogP contribution in [0.3, 0.4) is 0 Å². The maximum atomic E-state index is 5.47. The normalized spacial score (nSPS) is 15.6. The van der Waals surface area contributed by atoms with Crippen LogP contribution < -0.4 is 20.1 Å². The third-order valence-electron chi connectivity index (χ3n) is 5.04. The maximum Gasteiger partial charge on any atom is 0.231 e. The lowest BCUT2D eigenvalue weighted by Gasteiger charge is -2.15. The van der Waals surface area contributed by atoms with Gasteiger partial charge in [-0.25, -0.2) is 4.98 Å².